The van der Waals surface area contributed by atoms with Crippen molar-refractivity contribution in [1.82, 2.24) is 0 Å². The summed E-state index contributed by atoms with van der Waals surface area (Å²) in [5.41, 5.74) is 0. The second-order valence-electron chi connectivity index (χ2n) is 3.82. The zero-order chi connectivity index (χ0) is 8.10. The van der Waals surface area contributed by atoms with Gasteiger partial charge in [0.2, 0.25) is 0 Å². The molecule has 0 aromatic heterocycles. The molecule has 11 heavy (non-hydrogen) atoms. The van der Waals surface area contributed by atoms with Crippen LogP contribution in [0.3, 0.4) is 0 Å². The van der Waals surface area contributed by atoms with Gasteiger partial charge in [0.15, 0.2) is 0 Å². The van der Waals surface area contributed by atoms with Crippen molar-refractivity contribution < 1.29 is 5.11 Å². The highest BCUT2D eigenvalue weighted by Crippen LogP contribution is 2.32. The van der Waals surface area contributed by atoms with E-state index in [-0.39, 0.29) is 0 Å². The van der Waals surface area contributed by atoms with Gasteiger partial charge in [-0.25, -0.2) is 0 Å². The van der Waals surface area contributed by atoms with E-state index in [1.165, 1.54) is 32.1 Å². The molecule has 1 heteroatoms. The van der Waals surface area contributed by atoms with Crippen LogP contribution in [0.25, 0.3) is 0 Å². The van der Waals surface area contributed by atoms with Gasteiger partial charge in [0, 0.05) is 6.61 Å². The van der Waals surface area contributed by atoms with E-state index in [9.17, 15) is 0 Å². The minimum Gasteiger partial charge on any atom is -0.396 e. The molecule has 66 valence electrons. The van der Waals surface area contributed by atoms with Crippen LogP contribution in [0, 0.1) is 11.8 Å². The summed E-state index contributed by atoms with van der Waals surface area (Å²) in [6.07, 6.45) is 7.92. The monoisotopic (exact) mass is 156 g/mol. The summed E-state index contributed by atoms with van der Waals surface area (Å²) in [6.45, 7) is 2.67. The highest BCUT2D eigenvalue weighted by Gasteiger charge is 2.19. The Hall–Kier alpha value is -0.0400. The molecule has 1 N–H and O–H groups in total. The lowest BCUT2D eigenvalue weighted by atomic mass is 9.79. The van der Waals surface area contributed by atoms with Crippen molar-refractivity contribution in [2.45, 2.75) is 45.4 Å². The highest BCUT2D eigenvalue weighted by atomic mass is 16.3. The smallest absolute Gasteiger partial charge is 0.0433 e. The zero-order valence-corrected chi connectivity index (χ0v) is 7.55. The fourth-order valence-electron chi connectivity index (χ4n) is 2.22. The van der Waals surface area contributed by atoms with Gasteiger partial charge in [-0.1, -0.05) is 32.6 Å². The van der Waals surface area contributed by atoms with Gasteiger partial charge >= 0.3 is 0 Å². The highest BCUT2D eigenvalue weighted by molar-refractivity contribution is 4.71. The molecule has 0 spiro atoms. The van der Waals surface area contributed by atoms with Gasteiger partial charge in [-0.15, -0.1) is 0 Å². The molecule has 1 fully saturated rings. The van der Waals surface area contributed by atoms with Crippen LogP contribution in [-0.4, -0.2) is 11.7 Å². The standard InChI is InChI=1S/C10H20O/c1-2-9-4-3-5-10(8-9)6-7-11/h9-11H,2-8H2,1H3. The molecule has 0 radical (unpaired) electrons. The van der Waals surface area contributed by atoms with Crippen LogP contribution < -0.4 is 0 Å². The summed E-state index contributed by atoms with van der Waals surface area (Å²) in [5.74, 6) is 1.79. The lowest BCUT2D eigenvalue weighted by Crippen LogP contribution is -2.15. The molecule has 0 amide bonds. The Balaban J connectivity index is 2.21. The van der Waals surface area contributed by atoms with Crippen LogP contribution in [0.1, 0.15) is 45.4 Å². The third-order valence-corrected chi connectivity index (χ3v) is 3.01. The van der Waals surface area contributed by atoms with Crippen molar-refractivity contribution in [2.75, 3.05) is 6.61 Å². The largest absolute Gasteiger partial charge is 0.396 e. The first-order valence-electron chi connectivity index (χ1n) is 4.97. The van der Waals surface area contributed by atoms with Crippen molar-refractivity contribution >= 4 is 0 Å². The van der Waals surface area contributed by atoms with Gasteiger partial charge in [0.25, 0.3) is 0 Å². The summed E-state index contributed by atoms with van der Waals surface area (Å²) < 4.78 is 0. The zero-order valence-electron chi connectivity index (χ0n) is 7.55. The number of hydrogen-bond donors (Lipinski definition) is 1. The van der Waals surface area contributed by atoms with Crippen molar-refractivity contribution in [2.24, 2.45) is 11.8 Å². The molecule has 0 aromatic carbocycles. The second kappa shape index (κ2) is 4.76. The number of aliphatic hydroxyl groups excluding tert-OH is 1. The topological polar surface area (TPSA) is 20.2 Å². The van der Waals surface area contributed by atoms with Gasteiger partial charge in [-0.3, -0.25) is 0 Å². The maximum Gasteiger partial charge on any atom is 0.0433 e. The van der Waals surface area contributed by atoms with Crippen LogP contribution in [0.15, 0.2) is 0 Å². The molecule has 0 bridgehead atoms. The molecule has 1 saturated carbocycles. The molecule has 0 heterocycles. The molecule has 0 aromatic rings. The van der Waals surface area contributed by atoms with E-state index < -0.39 is 0 Å². The normalized spacial score (nSPS) is 32.2. The summed E-state index contributed by atoms with van der Waals surface area (Å²) in [4.78, 5) is 0. The van der Waals surface area contributed by atoms with Gasteiger partial charge in [0.05, 0.1) is 0 Å². The van der Waals surface area contributed by atoms with E-state index in [1.54, 1.807) is 0 Å². The quantitative estimate of drug-likeness (QED) is 0.666. The predicted molar refractivity (Wildman–Crippen MR) is 47.4 cm³/mol. The Labute approximate surface area is 69.8 Å². The Morgan fingerprint density at radius 3 is 2.64 bits per heavy atom. The molecule has 0 aliphatic heterocycles. The van der Waals surface area contributed by atoms with E-state index in [0.717, 1.165) is 18.3 Å². The first-order valence-corrected chi connectivity index (χ1v) is 4.97. The predicted octanol–water partition coefficient (Wildman–Crippen LogP) is 2.59. The Bertz CT molecular complexity index is 99.0. The third-order valence-electron chi connectivity index (χ3n) is 3.01. The molecule has 0 saturated heterocycles. The lowest BCUT2D eigenvalue weighted by Gasteiger charge is -2.27. The summed E-state index contributed by atoms with van der Waals surface area (Å²) >= 11 is 0. The second-order valence-corrected chi connectivity index (χ2v) is 3.82. The van der Waals surface area contributed by atoms with Gasteiger partial charge in [-0.2, -0.15) is 0 Å². The minimum absolute atomic E-state index is 0.390. The summed E-state index contributed by atoms with van der Waals surface area (Å²) in [6, 6.07) is 0. The average Bonchev–Trinajstić information content (AvgIpc) is 2.06. The summed E-state index contributed by atoms with van der Waals surface area (Å²) in [5, 5.41) is 8.78. The molecule has 1 aliphatic rings. The third kappa shape index (κ3) is 2.82. The van der Waals surface area contributed by atoms with Crippen molar-refractivity contribution in [3.63, 3.8) is 0 Å². The van der Waals surface area contributed by atoms with Crippen LogP contribution in [0.5, 0.6) is 0 Å². The van der Waals surface area contributed by atoms with Crippen LogP contribution in [-0.2, 0) is 0 Å². The maximum absolute atomic E-state index is 8.78. The Morgan fingerprint density at radius 1 is 1.27 bits per heavy atom. The molecule has 2 unspecified atom stereocenters. The van der Waals surface area contributed by atoms with Gasteiger partial charge in [-0.05, 0) is 24.7 Å². The van der Waals surface area contributed by atoms with Crippen LogP contribution >= 0.6 is 0 Å². The average molecular weight is 156 g/mol. The first-order chi connectivity index (χ1) is 5.36. The minimum atomic E-state index is 0.390. The number of rotatable bonds is 3. The van der Waals surface area contributed by atoms with Crippen molar-refractivity contribution in [1.29, 1.82) is 0 Å². The molecule has 1 aliphatic carbocycles. The van der Waals surface area contributed by atoms with E-state index in [1.807, 2.05) is 0 Å². The molecule has 1 nitrogen and oxygen atoms in total. The SMILES string of the molecule is CCC1CCCC(CCO)C1. The Morgan fingerprint density at radius 2 is 2.00 bits per heavy atom. The van der Waals surface area contributed by atoms with Crippen LogP contribution in [0.4, 0.5) is 0 Å². The van der Waals surface area contributed by atoms with Crippen LogP contribution in [0.2, 0.25) is 0 Å². The molecule has 2 atom stereocenters. The number of aliphatic hydroxyl groups is 1. The molecular weight excluding hydrogens is 136 g/mol. The maximum atomic E-state index is 8.78. The van der Waals surface area contributed by atoms with E-state index in [4.69, 9.17) is 5.11 Å². The Kier molecular flexibility index (Phi) is 3.92. The van der Waals surface area contributed by atoms with Gasteiger partial charge < -0.3 is 5.11 Å². The van der Waals surface area contributed by atoms with E-state index in [2.05, 4.69) is 6.92 Å². The lowest BCUT2D eigenvalue weighted by molar-refractivity contribution is 0.197. The van der Waals surface area contributed by atoms with Gasteiger partial charge in [0.1, 0.15) is 0 Å². The summed E-state index contributed by atoms with van der Waals surface area (Å²) in [7, 11) is 0. The van der Waals surface area contributed by atoms with E-state index in [0.29, 0.717) is 6.61 Å². The van der Waals surface area contributed by atoms with E-state index >= 15 is 0 Å². The molecule has 1 rings (SSSR count). The van der Waals surface area contributed by atoms with Crippen molar-refractivity contribution in [3.05, 3.63) is 0 Å². The van der Waals surface area contributed by atoms with Crippen molar-refractivity contribution in [3.8, 4) is 0 Å². The fraction of sp³-hybridized carbons (Fsp3) is 1.00. The first kappa shape index (κ1) is 9.05. The molecular formula is C10H20O. The number of hydrogen-bond acceptors (Lipinski definition) is 1. The fourth-order valence-corrected chi connectivity index (χ4v) is 2.22.